The van der Waals surface area contributed by atoms with Crippen molar-refractivity contribution in [3.05, 3.63) is 53.8 Å². The highest BCUT2D eigenvalue weighted by atomic mass is 19.2. The third-order valence-corrected chi connectivity index (χ3v) is 2.14. The lowest BCUT2D eigenvalue weighted by molar-refractivity contribution is 0.469. The minimum Gasteiger partial charge on any atom is -0.508 e. The minimum absolute atomic E-state index is 0.264. The van der Waals surface area contributed by atoms with Gasteiger partial charge in [0.25, 0.3) is 0 Å². The maximum atomic E-state index is 13.0. The van der Waals surface area contributed by atoms with Crippen LogP contribution in [0.25, 0.3) is 11.1 Å². The molecule has 2 aromatic carbocycles. The molecule has 1 nitrogen and oxygen atoms in total. The molecule has 0 atom stereocenters. The van der Waals surface area contributed by atoms with Gasteiger partial charge in [-0.15, -0.1) is 0 Å². The van der Waals surface area contributed by atoms with E-state index >= 15 is 0 Å². The molecule has 82 valence electrons. The highest BCUT2D eigenvalue weighted by Crippen LogP contribution is 2.26. The van der Waals surface area contributed by atoms with Crippen LogP contribution in [0, 0.1) is 17.5 Å². The van der Waals surface area contributed by atoms with Gasteiger partial charge < -0.3 is 5.11 Å². The summed E-state index contributed by atoms with van der Waals surface area (Å²) in [5, 5.41) is 9.17. The molecular formula is C12H7F3O. The molecule has 4 heteroatoms. The van der Waals surface area contributed by atoms with Gasteiger partial charge in [0, 0.05) is 6.07 Å². The van der Waals surface area contributed by atoms with Crippen molar-refractivity contribution >= 4 is 0 Å². The Hall–Kier alpha value is -1.97. The molecule has 0 aliphatic rings. The maximum absolute atomic E-state index is 13.0. The van der Waals surface area contributed by atoms with Crippen molar-refractivity contribution in [2.24, 2.45) is 0 Å². The molecule has 0 heterocycles. The van der Waals surface area contributed by atoms with Crippen molar-refractivity contribution in [2.45, 2.75) is 0 Å². The lowest BCUT2D eigenvalue weighted by atomic mass is 10.1. The fourth-order valence-electron chi connectivity index (χ4n) is 1.42. The van der Waals surface area contributed by atoms with Crippen molar-refractivity contribution in [3.8, 4) is 16.9 Å². The molecule has 0 amide bonds. The van der Waals surface area contributed by atoms with E-state index in [1.165, 1.54) is 12.1 Å². The largest absolute Gasteiger partial charge is 0.508 e. The van der Waals surface area contributed by atoms with Gasteiger partial charge in [0.1, 0.15) is 11.6 Å². The van der Waals surface area contributed by atoms with E-state index in [9.17, 15) is 18.3 Å². The third kappa shape index (κ3) is 2.00. The van der Waals surface area contributed by atoms with Gasteiger partial charge in [-0.1, -0.05) is 6.07 Å². The molecule has 0 spiro atoms. The van der Waals surface area contributed by atoms with Crippen molar-refractivity contribution in [3.63, 3.8) is 0 Å². The summed E-state index contributed by atoms with van der Waals surface area (Å²) in [5.74, 6) is -2.88. The normalized spacial score (nSPS) is 10.4. The van der Waals surface area contributed by atoms with Crippen LogP contribution in [0.5, 0.6) is 5.75 Å². The zero-order valence-electron chi connectivity index (χ0n) is 8.05. The maximum Gasteiger partial charge on any atom is 0.159 e. The van der Waals surface area contributed by atoms with Crippen molar-refractivity contribution in [2.75, 3.05) is 0 Å². The molecule has 16 heavy (non-hydrogen) atoms. The molecule has 0 aliphatic carbocycles. The summed E-state index contributed by atoms with van der Waals surface area (Å²) in [6.45, 7) is 0. The Morgan fingerprint density at radius 3 is 2.12 bits per heavy atom. The first kappa shape index (κ1) is 10.5. The highest BCUT2D eigenvalue weighted by Gasteiger charge is 2.06. The number of benzene rings is 2. The molecule has 0 aliphatic heterocycles. The Morgan fingerprint density at radius 1 is 0.750 bits per heavy atom. The average Bonchev–Trinajstić information content (AvgIpc) is 2.20. The first-order valence-electron chi connectivity index (χ1n) is 4.51. The fourth-order valence-corrected chi connectivity index (χ4v) is 1.42. The summed E-state index contributed by atoms with van der Waals surface area (Å²) in [4.78, 5) is 0. The number of halogens is 3. The van der Waals surface area contributed by atoms with Crippen LogP contribution < -0.4 is 0 Å². The molecular weight excluding hydrogens is 217 g/mol. The van der Waals surface area contributed by atoms with Gasteiger partial charge in [-0.25, -0.2) is 13.2 Å². The van der Waals surface area contributed by atoms with Gasteiger partial charge >= 0.3 is 0 Å². The lowest BCUT2D eigenvalue weighted by Crippen LogP contribution is -1.86. The summed E-state index contributed by atoms with van der Waals surface area (Å²) in [7, 11) is 0. The van der Waals surface area contributed by atoms with E-state index in [2.05, 4.69) is 0 Å². The Balaban J connectivity index is 2.54. The molecule has 0 saturated heterocycles. The van der Waals surface area contributed by atoms with E-state index in [0.717, 1.165) is 24.3 Å². The molecule has 1 N–H and O–H groups in total. The van der Waals surface area contributed by atoms with E-state index in [1.807, 2.05) is 0 Å². The first-order chi connectivity index (χ1) is 7.56. The average molecular weight is 224 g/mol. The predicted molar refractivity (Wildman–Crippen MR) is 53.4 cm³/mol. The Bertz CT molecular complexity index is 518. The summed E-state index contributed by atoms with van der Waals surface area (Å²) in [6.07, 6.45) is 0. The van der Waals surface area contributed by atoms with Crippen molar-refractivity contribution < 1.29 is 18.3 Å². The van der Waals surface area contributed by atoms with Crippen LogP contribution in [-0.2, 0) is 0 Å². The molecule has 0 unspecified atom stereocenters. The molecule has 2 rings (SSSR count). The Morgan fingerprint density at radius 2 is 1.50 bits per heavy atom. The summed E-state index contributed by atoms with van der Waals surface area (Å²) in [5.41, 5.74) is 0.588. The van der Waals surface area contributed by atoms with E-state index in [4.69, 9.17) is 0 Å². The second kappa shape index (κ2) is 3.89. The van der Waals surface area contributed by atoms with Gasteiger partial charge in [-0.05, 0) is 35.4 Å². The van der Waals surface area contributed by atoms with Gasteiger partial charge in [0.2, 0.25) is 0 Å². The topological polar surface area (TPSA) is 20.2 Å². The van der Waals surface area contributed by atoms with Crippen LogP contribution in [-0.4, -0.2) is 5.11 Å². The van der Waals surface area contributed by atoms with Crippen LogP contribution in [0.3, 0.4) is 0 Å². The third-order valence-electron chi connectivity index (χ3n) is 2.14. The monoisotopic (exact) mass is 224 g/mol. The highest BCUT2D eigenvalue weighted by molar-refractivity contribution is 5.65. The number of rotatable bonds is 1. The van der Waals surface area contributed by atoms with Crippen LogP contribution >= 0.6 is 0 Å². The Labute approximate surface area is 89.8 Å². The number of aromatic hydroxyl groups is 1. The summed E-state index contributed by atoms with van der Waals surface area (Å²) in [6, 6.07) is 6.55. The number of phenolic OH excluding ortho intramolecular Hbond substituents is 1. The van der Waals surface area contributed by atoms with E-state index in [-0.39, 0.29) is 11.3 Å². The van der Waals surface area contributed by atoms with Crippen LogP contribution in [0.4, 0.5) is 13.2 Å². The van der Waals surface area contributed by atoms with Gasteiger partial charge in [-0.3, -0.25) is 0 Å². The smallest absolute Gasteiger partial charge is 0.159 e. The zero-order chi connectivity index (χ0) is 11.7. The number of phenols is 1. The first-order valence-corrected chi connectivity index (χ1v) is 4.51. The molecule has 0 saturated carbocycles. The summed E-state index contributed by atoms with van der Waals surface area (Å²) < 4.78 is 38.6. The molecule has 0 bridgehead atoms. The van der Waals surface area contributed by atoms with Crippen LogP contribution in [0.2, 0.25) is 0 Å². The lowest BCUT2D eigenvalue weighted by Gasteiger charge is -2.03. The number of hydrogen-bond acceptors (Lipinski definition) is 1. The van der Waals surface area contributed by atoms with Crippen molar-refractivity contribution in [1.29, 1.82) is 0 Å². The van der Waals surface area contributed by atoms with Gasteiger partial charge in [0.15, 0.2) is 11.6 Å². The van der Waals surface area contributed by atoms with Gasteiger partial charge in [0.05, 0.1) is 0 Å². The quantitative estimate of drug-likeness (QED) is 0.786. The van der Waals surface area contributed by atoms with Crippen molar-refractivity contribution in [1.82, 2.24) is 0 Å². The van der Waals surface area contributed by atoms with Crippen LogP contribution in [0.1, 0.15) is 0 Å². The van der Waals surface area contributed by atoms with E-state index < -0.39 is 17.5 Å². The summed E-state index contributed by atoms with van der Waals surface area (Å²) >= 11 is 0. The molecule has 0 aromatic heterocycles. The Kier molecular flexibility index (Phi) is 2.56. The zero-order valence-corrected chi connectivity index (χ0v) is 8.05. The minimum atomic E-state index is -1.01. The van der Waals surface area contributed by atoms with E-state index in [1.54, 1.807) is 0 Å². The molecule has 2 aromatic rings. The van der Waals surface area contributed by atoms with E-state index in [0.29, 0.717) is 5.56 Å². The van der Waals surface area contributed by atoms with Gasteiger partial charge in [-0.2, -0.15) is 0 Å². The standard InChI is InChI=1S/C12H7F3O/c13-9-3-8(4-10(16)6-9)7-1-2-11(14)12(15)5-7/h1-6,16H. The second-order valence-electron chi connectivity index (χ2n) is 3.33. The predicted octanol–water partition coefficient (Wildman–Crippen LogP) is 3.48. The molecule has 0 fully saturated rings. The molecule has 0 radical (unpaired) electrons. The number of hydrogen-bond donors (Lipinski definition) is 1. The SMILES string of the molecule is Oc1cc(F)cc(-c2ccc(F)c(F)c2)c1. The fraction of sp³-hybridized carbons (Fsp3) is 0. The second-order valence-corrected chi connectivity index (χ2v) is 3.33. The van der Waals surface area contributed by atoms with Crippen LogP contribution in [0.15, 0.2) is 36.4 Å².